The Kier molecular flexibility index (Phi) is 2.87. The summed E-state index contributed by atoms with van der Waals surface area (Å²) in [4.78, 5) is 3.95. The zero-order valence-corrected chi connectivity index (χ0v) is 10.8. The minimum atomic E-state index is -3.52. The molecule has 1 fully saturated rings. The minimum Gasteiger partial charge on any atom is -0.384 e. The number of hydrogen-bond acceptors (Lipinski definition) is 4. The maximum atomic E-state index is 12.1. The Balaban J connectivity index is 2.24. The van der Waals surface area contributed by atoms with Crippen molar-refractivity contribution in [1.82, 2.24) is 9.71 Å². The van der Waals surface area contributed by atoms with E-state index < -0.39 is 15.6 Å². The van der Waals surface area contributed by atoms with E-state index in [4.69, 9.17) is 5.73 Å². The largest absolute Gasteiger partial charge is 0.384 e. The van der Waals surface area contributed by atoms with Gasteiger partial charge in [0, 0.05) is 17.8 Å². The van der Waals surface area contributed by atoms with Crippen LogP contribution in [0.5, 0.6) is 0 Å². The van der Waals surface area contributed by atoms with Crippen molar-refractivity contribution in [1.29, 1.82) is 0 Å². The monoisotopic (exact) mass is 255 g/mol. The highest BCUT2D eigenvalue weighted by Gasteiger charge is 2.40. The lowest BCUT2D eigenvalue weighted by molar-refractivity contribution is 0.400. The van der Waals surface area contributed by atoms with Gasteiger partial charge < -0.3 is 5.73 Å². The van der Waals surface area contributed by atoms with Crippen LogP contribution in [-0.4, -0.2) is 18.9 Å². The number of nitrogens with one attached hydrogen (secondary N) is 1. The van der Waals surface area contributed by atoms with Crippen molar-refractivity contribution in [2.75, 3.05) is 5.73 Å². The first-order valence-corrected chi connectivity index (χ1v) is 7.05. The lowest BCUT2D eigenvalue weighted by atomic mass is 10.0. The third-order valence-electron chi connectivity index (χ3n) is 3.06. The smallest absolute Gasteiger partial charge is 0.241 e. The zero-order chi connectivity index (χ0) is 12.7. The van der Waals surface area contributed by atoms with Crippen molar-refractivity contribution in [2.45, 2.75) is 37.1 Å². The van der Waals surface area contributed by atoms with Crippen LogP contribution in [0.25, 0.3) is 0 Å². The van der Waals surface area contributed by atoms with Crippen molar-refractivity contribution in [3.8, 4) is 0 Å². The summed E-state index contributed by atoms with van der Waals surface area (Å²) in [5.74, 6) is 0.633. The van der Waals surface area contributed by atoms with Gasteiger partial charge in [-0.2, -0.15) is 0 Å². The number of pyridine rings is 1. The molecule has 0 aliphatic heterocycles. The lowest BCUT2D eigenvalue weighted by Crippen LogP contribution is -2.45. The van der Waals surface area contributed by atoms with Crippen molar-refractivity contribution >= 4 is 15.8 Å². The average Bonchev–Trinajstić information content (AvgIpc) is 2.99. The lowest BCUT2D eigenvalue weighted by Gasteiger charge is -2.25. The molecule has 0 radical (unpaired) electrons. The molecule has 0 saturated heterocycles. The molecule has 1 aromatic rings. The Labute approximate surface area is 101 Å². The number of nitrogens with two attached hydrogens (primary N) is 1. The second kappa shape index (κ2) is 3.96. The number of nitrogens with zero attached hydrogens (tertiary/aromatic N) is 1. The highest BCUT2D eigenvalue weighted by atomic mass is 32.2. The summed E-state index contributed by atoms with van der Waals surface area (Å²) in [6.45, 7) is 3.82. The standard InChI is InChI=1S/C11H17N3O2S/c1-11(2,8-3-4-8)14-17(15,16)9-5-6-13-10(12)7-9/h5-8,14H,3-4H2,1-2H3,(H2,12,13). The van der Waals surface area contributed by atoms with Gasteiger partial charge >= 0.3 is 0 Å². The molecule has 0 aromatic carbocycles. The molecule has 3 N–H and O–H groups in total. The molecule has 5 nitrogen and oxygen atoms in total. The Morgan fingerprint density at radius 3 is 2.65 bits per heavy atom. The number of hydrogen-bond donors (Lipinski definition) is 2. The van der Waals surface area contributed by atoms with Gasteiger partial charge in [-0.15, -0.1) is 0 Å². The molecular formula is C11H17N3O2S. The molecule has 0 unspecified atom stereocenters. The average molecular weight is 255 g/mol. The molecule has 1 aliphatic rings. The third kappa shape index (κ3) is 2.76. The summed E-state index contributed by atoms with van der Waals surface area (Å²) in [6, 6.07) is 2.81. The van der Waals surface area contributed by atoms with Gasteiger partial charge in [0.05, 0.1) is 4.90 Å². The summed E-state index contributed by atoms with van der Waals surface area (Å²) in [6.07, 6.45) is 3.55. The first-order chi connectivity index (χ1) is 7.81. The number of anilines is 1. The molecule has 0 amide bonds. The van der Waals surface area contributed by atoms with Crippen LogP contribution in [0.2, 0.25) is 0 Å². The van der Waals surface area contributed by atoms with E-state index in [2.05, 4.69) is 9.71 Å². The van der Waals surface area contributed by atoms with E-state index in [-0.39, 0.29) is 10.7 Å². The van der Waals surface area contributed by atoms with E-state index in [0.717, 1.165) is 12.8 Å². The first-order valence-electron chi connectivity index (χ1n) is 5.57. The summed E-state index contributed by atoms with van der Waals surface area (Å²) < 4.78 is 27.0. The fraction of sp³-hybridized carbons (Fsp3) is 0.545. The van der Waals surface area contributed by atoms with E-state index >= 15 is 0 Å². The van der Waals surface area contributed by atoms with E-state index in [1.165, 1.54) is 18.3 Å². The predicted molar refractivity (Wildman–Crippen MR) is 65.8 cm³/mol. The van der Waals surface area contributed by atoms with Gasteiger partial charge in [-0.25, -0.2) is 18.1 Å². The second-order valence-corrected chi connectivity index (χ2v) is 6.70. The van der Waals surface area contributed by atoms with Crippen LogP contribution in [0.4, 0.5) is 5.82 Å². The fourth-order valence-electron chi connectivity index (χ4n) is 1.89. The second-order valence-electron chi connectivity index (χ2n) is 5.02. The van der Waals surface area contributed by atoms with E-state index in [0.29, 0.717) is 5.92 Å². The third-order valence-corrected chi connectivity index (χ3v) is 4.73. The van der Waals surface area contributed by atoms with Crippen molar-refractivity contribution < 1.29 is 8.42 Å². The molecule has 0 bridgehead atoms. The molecular weight excluding hydrogens is 238 g/mol. The molecule has 1 aliphatic carbocycles. The maximum absolute atomic E-state index is 12.1. The molecule has 0 spiro atoms. The highest BCUT2D eigenvalue weighted by molar-refractivity contribution is 7.89. The van der Waals surface area contributed by atoms with Crippen LogP contribution < -0.4 is 10.5 Å². The molecule has 1 heterocycles. The summed E-state index contributed by atoms with van der Waals surface area (Å²) in [7, 11) is -3.52. The van der Waals surface area contributed by atoms with Crippen LogP contribution >= 0.6 is 0 Å². The van der Waals surface area contributed by atoms with Gasteiger partial charge in [0.1, 0.15) is 5.82 Å². The maximum Gasteiger partial charge on any atom is 0.241 e. The Morgan fingerprint density at radius 2 is 2.12 bits per heavy atom. The summed E-state index contributed by atoms with van der Waals surface area (Å²) >= 11 is 0. The van der Waals surface area contributed by atoms with Crippen molar-refractivity contribution in [3.63, 3.8) is 0 Å². The summed E-state index contributed by atoms with van der Waals surface area (Å²) in [5, 5.41) is 0. The zero-order valence-electron chi connectivity index (χ0n) is 9.97. The van der Waals surface area contributed by atoms with Crippen molar-refractivity contribution in [2.24, 2.45) is 5.92 Å². The quantitative estimate of drug-likeness (QED) is 0.844. The fourth-order valence-corrected chi connectivity index (χ4v) is 3.38. The van der Waals surface area contributed by atoms with Crippen LogP contribution in [0, 0.1) is 5.92 Å². The number of nitrogen functional groups attached to an aromatic ring is 1. The molecule has 6 heteroatoms. The van der Waals surface area contributed by atoms with Crippen LogP contribution in [0.3, 0.4) is 0 Å². The molecule has 1 saturated carbocycles. The normalized spacial score (nSPS) is 17.1. The highest BCUT2D eigenvalue weighted by Crippen LogP contribution is 2.39. The van der Waals surface area contributed by atoms with Gasteiger partial charge in [-0.05, 0) is 38.7 Å². The molecule has 94 valence electrons. The molecule has 0 atom stereocenters. The Morgan fingerprint density at radius 1 is 1.47 bits per heavy atom. The van der Waals surface area contributed by atoms with Gasteiger partial charge in [0.25, 0.3) is 0 Å². The van der Waals surface area contributed by atoms with E-state index in [9.17, 15) is 8.42 Å². The number of aromatic nitrogens is 1. The number of rotatable bonds is 4. The van der Waals surface area contributed by atoms with Crippen LogP contribution in [0.15, 0.2) is 23.2 Å². The molecule has 2 rings (SSSR count). The summed E-state index contributed by atoms with van der Waals surface area (Å²) in [5.41, 5.74) is 5.08. The first kappa shape index (κ1) is 12.3. The Bertz CT molecular complexity index is 521. The van der Waals surface area contributed by atoms with Gasteiger partial charge in [0.2, 0.25) is 10.0 Å². The minimum absolute atomic E-state index is 0.165. The SMILES string of the molecule is CC(C)(NS(=O)(=O)c1ccnc(N)c1)C1CC1. The van der Waals surface area contributed by atoms with Gasteiger partial charge in [-0.1, -0.05) is 0 Å². The van der Waals surface area contributed by atoms with Crippen molar-refractivity contribution in [3.05, 3.63) is 18.3 Å². The Hall–Kier alpha value is -1.14. The van der Waals surface area contributed by atoms with Crippen LogP contribution in [0.1, 0.15) is 26.7 Å². The predicted octanol–water partition coefficient (Wildman–Crippen LogP) is 1.13. The van der Waals surface area contributed by atoms with Gasteiger partial charge in [0.15, 0.2) is 0 Å². The van der Waals surface area contributed by atoms with Crippen LogP contribution in [-0.2, 0) is 10.0 Å². The van der Waals surface area contributed by atoms with E-state index in [1.807, 2.05) is 13.8 Å². The molecule has 1 aromatic heterocycles. The topological polar surface area (TPSA) is 85.1 Å². The van der Waals surface area contributed by atoms with Gasteiger partial charge in [-0.3, -0.25) is 0 Å². The number of sulfonamides is 1. The molecule has 17 heavy (non-hydrogen) atoms. The van der Waals surface area contributed by atoms with E-state index in [1.54, 1.807) is 0 Å².